The Balaban J connectivity index is 2.47. The van der Waals surface area contributed by atoms with E-state index >= 15 is 0 Å². The summed E-state index contributed by atoms with van der Waals surface area (Å²) in [6.45, 7) is 13.3. The normalized spacial score (nSPS) is 24.2. The highest BCUT2D eigenvalue weighted by Gasteiger charge is 2.37. The van der Waals surface area contributed by atoms with E-state index in [2.05, 4.69) is 33.0 Å². The van der Waals surface area contributed by atoms with Gasteiger partial charge in [0.25, 0.3) is 0 Å². The van der Waals surface area contributed by atoms with Crippen LogP contribution < -0.4 is 5.32 Å². The van der Waals surface area contributed by atoms with Gasteiger partial charge in [-0.3, -0.25) is 9.59 Å². The fraction of sp³-hybridized carbons (Fsp3) is 0.905. The first-order valence-corrected chi connectivity index (χ1v) is 10.0. The largest absolute Gasteiger partial charge is 0.355 e. The zero-order valence-electron chi connectivity index (χ0n) is 16.8. The maximum Gasteiger partial charge on any atom is 0.225 e. The van der Waals surface area contributed by atoms with E-state index in [9.17, 15) is 9.59 Å². The summed E-state index contributed by atoms with van der Waals surface area (Å²) in [7, 11) is 0. The summed E-state index contributed by atoms with van der Waals surface area (Å²) in [5.74, 6) is 1.41. The molecule has 1 amide bonds. The predicted octanol–water partition coefficient (Wildman–Crippen LogP) is 5.13. The van der Waals surface area contributed by atoms with E-state index < -0.39 is 0 Å². The highest BCUT2D eigenvalue weighted by molar-refractivity contribution is 5.86. The molecule has 1 fully saturated rings. The molecule has 0 aromatic heterocycles. The van der Waals surface area contributed by atoms with Crippen LogP contribution in [0.15, 0.2) is 0 Å². The third-order valence-corrected chi connectivity index (χ3v) is 6.44. The lowest BCUT2D eigenvalue weighted by Gasteiger charge is -2.35. The van der Waals surface area contributed by atoms with Crippen LogP contribution in [0.1, 0.15) is 92.9 Å². The summed E-state index contributed by atoms with van der Waals surface area (Å²) >= 11 is 0. The van der Waals surface area contributed by atoms with Crippen molar-refractivity contribution in [1.82, 2.24) is 5.32 Å². The van der Waals surface area contributed by atoms with Gasteiger partial charge in [0.2, 0.25) is 5.91 Å². The maximum absolute atomic E-state index is 12.9. The van der Waals surface area contributed by atoms with Gasteiger partial charge in [0.15, 0.2) is 0 Å². The molecule has 0 aliphatic heterocycles. The third kappa shape index (κ3) is 5.32. The first-order valence-electron chi connectivity index (χ1n) is 10.0. The van der Waals surface area contributed by atoms with E-state index in [0.29, 0.717) is 11.7 Å². The average molecular weight is 338 g/mol. The molecule has 0 radical (unpaired) electrons. The van der Waals surface area contributed by atoms with Crippen LogP contribution in [0.4, 0.5) is 0 Å². The van der Waals surface area contributed by atoms with Crippen molar-refractivity contribution in [1.29, 1.82) is 0 Å². The minimum absolute atomic E-state index is 0.133. The standard InChI is InChI=1S/C21H39NO2/c1-7-14-21(6,9-3)18(23)17-12-10-16(11-13-17)15-22-19(24)20(4,5)8-2/h16-17H,7-15H2,1-6H3,(H,22,24)/t16-,17-,21?. The lowest BCUT2D eigenvalue weighted by atomic mass is 9.69. The molecule has 3 heteroatoms. The molecule has 1 rings (SSSR count). The summed E-state index contributed by atoms with van der Waals surface area (Å²) in [6.07, 6.45) is 8.00. The van der Waals surface area contributed by atoms with Crippen LogP contribution in [0.2, 0.25) is 0 Å². The van der Waals surface area contributed by atoms with E-state index in [0.717, 1.165) is 57.9 Å². The Bertz CT molecular complexity index is 422. The molecule has 24 heavy (non-hydrogen) atoms. The zero-order chi connectivity index (χ0) is 18.4. The number of ketones is 1. The van der Waals surface area contributed by atoms with Gasteiger partial charge in [-0.05, 0) is 50.9 Å². The SMILES string of the molecule is CCCC(C)(CC)C(=O)[C@H]1CC[C@H](CNC(=O)C(C)(C)CC)CC1. The van der Waals surface area contributed by atoms with Crippen molar-refractivity contribution in [2.45, 2.75) is 92.9 Å². The summed E-state index contributed by atoms with van der Waals surface area (Å²) in [6, 6.07) is 0. The van der Waals surface area contributed by atoms with Crippen LogP contribution in [0.3, 0.4) is 0 Å². The Morgan fingerprint density at radius 1 is 0.958 bits per heavy atom. The van der Waals surface area contributed by atoms with E-state index in [-0.39, 0.29) is 22.7 Å². The molecule has 1 N–H and O–H groups in total. The molecule has 1 aliphatic carbocycles. The fourth-order valence-electron chi connectivity index (χ4n) is 3.78. The van der Waals surface area contributed by atoms with E-state index in [4.69, 9.17) is 0 Å². The zero-order valence-corrected chi connectivity index (χ0v) is 16.8. The van der Waals surface area contributed by atoms with Gasteiger partial charge in [-0.1, -0.05) is 48.0 Å². The average Bonchev–Trinajstić information content (AvgIpc) is 2.59. The molecular weight excluding hydrogens is 298 g/mol. The number of hydrogen-bond donors (Lipinski definition) is 1. The van der Waals surface area contributed by atoms with Gasteiger partial charge in [0.1, 0.15) is 5.78 Å². The Kier molecular flexibility index (Phi) is 7.95. The van der Waals surface area contributed by atoms with E-state index in [1.54, 1.807) is 0 Å². The first kappa shape index (κ1) is 21.2. The number of nitrogens with one attached hydrogen (secondary N) is 1. The number of carbonyl (C=O) groups excluding carboxylic acids is 2. The number of amides is 1. The van der Waals surface area contributed by atoms with Crippen molar-refractivity contribution >= 4 is 11.7 Å². The van der Waals surface area contributed by atoms with Crippen molar-refractivity contribution in [3.8, 4) is 0 Å². The quantitative estimate of drug-likeness (QED) is 0.634. The van der Waals surface area contributed by atoms with Crippen molar-refractivity contribution in [2.75, 3.05) is 6.54 Å². The second kappa shape index (κ2) is 9.01. The van der Waals surface area contributed by atoms with Crippen molar-refractivity contribution in [2.24, 2.45) is 22.7 Å². The third-order valence-electron chi connectivity index (χ3n) is 6.44. The van der Waals surface area contributed by atoms with Crippen LogP contribution >= 0.6 is 0 Å². The molecule has 3 nitrogen and oxygen atoms in total. The smallest absolute Gasteiger partial charge is 0.225 e. The summed E-state index contributed by atoms with van der Waals surface area (Å²) < 4.78 is 0. The Hall–Kier alpha value is -0.860. The van der Waals surface area contributed by atoms with Crippen LogP contribution in [-0.4, -0.2) is 18.2 Å². The minimum atomic E-state index is -0.281. The highest BCUT2D eigenvalue weighted by Crippen LogP contribution is 2.38. The molecule has 0 saturated heterocycles. The lowest BCUT2D eigenvalue weighted by molar-refractivity contribution is -0.134. The molecule has 0 aromatic carbocycles. The molecular formula is C21H39NO2. The van der Waals surface area contributed by atoms with Gasteiger partial charge in [0, 0.05) is 23.3 Å². The number of Topliss-reactive ketones (excluding diaryl/α,β-unsaturated/α-hetero) is 1. The van der Waals surface area contributed by atoms with Crippen LogP contribution in [0.5, 0.6) is 0 Å². The Labute approximate surface area is 149 Å². The van der Waals surface area contributed by atoms with Crippen LogP contribution in [0, 0.1) is 22.7 Å². The van der Waals surface area contributed by atoms with Crippen LogP contribution in [-0.2, 0) is 9.59 Å². The molecule has 1 atom stereocenters. The molecule has 0 heterocycles. The maximum atomic E-state index is 12.9. The van der Waals surface area contributed by atoms with Gasteiger partial charge < -0.3 is 5.32 Å². The van der Waals surface area contributed by atoms with E-state index in [1.165, 1.54) is 0 Å². The Morgan fingerprint density at radius 3 is 2.00 bits per heavy atom. The molecule has 1 unspecified atom stereocenters. The number of hydrogen-bond acceptors (Lipinski definition) is 2. The molecule has 0 bridgehead atoms. The first-order chi connectivity index (χ1) is 11.2. The Morgan fingerprint density at radius 2 is 1.54 bits per heavy atom. The van der Waals surface area contributed by atoms with Crippen molar-refractivity contribution in [3.63, 3.8) is 0 Å². The fourth-order valence-corrected chi connectivity index (χ4v) is 3.78. The summed E-state index contributed by atoms with van der Waals surface area (Å²) in [4.78, 5) is 25.1. The molecule has 0 aromatic rings. The van der Waals surface area contributed by atoms with Crippen molar-refractivity contribution < 1.29 is 9.59 Å². The topological polar surface area (TPSA) is 46.2 Å². The van der Waals surface area contributed by atoms with Gasteiger partial charge in [-0.25, -0.2) is 0 Å². The molecule has 140 valence electrons. The summed E-state index contributed by atoms with van der Waals surface area (Å²) in [5, 5.41) is 3.13. The molecule has 1 aliphatic rings. The van der Waals surface area contributed by atoms with E-state index in [1.807, 2.05) is 13.8 Å². The minimum Gasteiger partial charge on any atom is -0.355 e. The summed E-state index contributed by atoms with van der Waals surface area (Å²) in [5.41, 5.74) is -0.415. The monoisotopic (exact) mass is 337 g/mol. The highest BCUT2D eigenvalue weighted by atomic mass is 16.2. The van der Waals surface area contributed by atoms with Gasteiger partial charge >= 0.3 is 0 Å². The number of rotatable bonds is 9. The number of carbonyl (C=O) groups is 2. The second-order valence-electron chi connectivity index (χ2n) is 8.69. The predicted molar refractivity (Wildman–Crippen MR) is 101 cm³/mol. The van der Waals surface area contributed by atoms with Gasteiger partial charge in [-0.15, -0.1) is 0 Å². The molecule has 1 saturated carbocycles. The van der Waals surface area contributed by atoms with Gasteiger partial charge in [0.05, 0.1) is 0 Å². The second-order valence-corrected chi connectivity index (χ2v) is 8.69. The van der Waals surface area contributed by atoms with Gasteiger partial charge in [-0.2, -0.15) is 0 Å². The lowest BCUT2D eigenvalue weighted by Crippen LogP contribution is -2.40. The van der Waals surface area contributed by atoms with Crippen molar-refractivity contribution in [3.05, 3.63) is 0 Å². The van der Waals surface area contributed by atoms with Crippen LogP contribution in [0.25, 0.3) is 0 Å². The molecule has 0 spiro atoms.